The molecule has 3 unspecified atom stereocenters. The van der Waals surface area contributed by atoms with Crippen molar-refractivity contribution in [2.45, 2.75) is 78.9 Å². The fraction of sp³-hybridized carbons (Fsp3) is 0.875. The molecule has 2 heteroatoms. The minimum absolute atomic E-state index is 0.246. The second-order valence-electron chi connectivity index (χ2n) is 6.42. The van der Waals surface area contributed by atoms with Crippen LogP contribution >= 0.6 is 0 Å². The number of aliphatic hydroxyl groups is 2. The summed E-state index contributed by atoms with van der Waals surface area (Å²) in [6.07, 6.45) is 3.46. The highest BCUT2D eigenvalue weighted by atomic mass is 16.3. The average molecular weight is 254 g/mol. The van der Waals surface area contributed by atoms with E-state index in [2.05, 4.69) is 39.5 Å². The van der Waals surface area contributed by atoms with Crippen molar-refractivity contribution in [3.8, 4) is 11.8 Å². The maximum atomic E-state index is 9.75. The molecule has 0 saturated carbocycles. The fourth-order valence-electron chi connectivity index (χ4n) is 1.59. The Balaban J connectivity index is 3.78. The summed E-state index contributed by atoms with van der Waals surface area (Å²) in [6.45, 7) is 10.7. The Morgan fingerprint density at radius 2 is 1.61 bits per heavy atom. The molecule has 0 aliphatic rings. The normalized spacial score (nSPS) is 16.6. The van der Waals surface area contributed by atoms with Gasteiger partial charge in [0.1, 0.15) is 6.10 Å². The third-order valence-corrected chi connectivity index (χ3v) is 3.54. The summed E-state index contributed by atoms with van der Waals surface area (Å²) < 4.78 is 0. The van der Waals surface area contributed by atoms with E-state index in [1.165, 1.54) is 0 Å². The van der Waals surface area contributed by atoms with Crippen molar-refractivity contribution in [1.29, 1.82) is 0 Å². The predicted octanol–water partition coefficient (Wildman–Crippen LogP) is 3.36. The third kappa shape index (κ3) is 9.50. The van der Waals surface area contributed by atoms with Gasteiger partial charge < -0.3 is 10.2 Å². The summed E-state index contributed by atoms with van der Waals surface area (Å²) in [5, 5.41) is 18.8. The van der Waals surface area contributed by atoms with Crippen LogP contribution in [0.2, 0.25) is 0 Å². The molecule has 0 fully saturated rings. The smallest absolute Gasteiger partial charge is 0.114 e. The van der Waals surface area contributed by atoms with Crippen LogP contribution in [-0.2, 0) is 0 Å². The van der Waals surface area contributed by atoms with Crippen molar-refractivity contribution in [1.82, 2.24) is 0 Å². The molecule has 0 aromatic heterocycles. The van der Waals surface area contributed by atoms with E-state index in [0.717, 1.165) is 32.1 Å². The van der Waals surface area contributed by atoms with Crippen LogP contribution in [0.25, 0.3) is 0 Å². The monoisotopic (exact) mass is 254 g/mol. The Labute approximate surface area is 113 Å². The van der Waals surface area contributed by atoms with Crippen LogP contribution in [0.3, 0.4) is 0 Å². The second-order valence-corrected chi connectivity index (χ2v) is 6.42. The molecule has 0 radical (unpaired) electrons. The van der Waals surface area contributed by atoms with Gasteiger partial charge in [-0.3, -0.25) is 0 Å². The van der Waals surface area contributed by atoms with Gasteiger partial charge in [-0.1, -0.05) is 33.6 Å². The third-order valence-electron chi connectivity index (χ3n) is 3.54. The molecule has 106 valence electrons. The predicted molar refractivity (Wildman–Crippen MR) is 77.2 cm³/mol. The van der Waals surface area contributed by atoms with Crippen LogP contribution in [-0.4, -0.2) is 22.4 Å². The number of unbranched alkanes of at least 4 members (excludes halogenated alkanes) is 1. The van der Waals surface area contributed by atoms with Crippen LogP contribution in [0.5, 0.6) is 0 Å². The molecule has 0 aromatic carbocycles. The van der Waals surface area contributed by atoms with Gasteiger partial charge in [0.25, 0.3) is 0 Å². The number of hydrogen-bond donors (Lipinski definition) is 2. The molecular formula is C16H30O2. The SMILES string of the molecule is CC(O)CCCC#CC(O)CCC(C)C(C)(C)C. The number of hydrogen-bond acceptors (Lipinski definition) is 2. The summed E-state index contributed by atoms with van der Waals surface area (Å²) in [7, 11) is 0. The minimum atomic E-state index is -0.499. The lowest BCUT2D eigenvalue weighted by Gasteiger charge is -2.27. The molecule has 0 amide bonds. The van der Waals surface area contributed by atoms with E-state index in [1.54, 1.807) is 6.92 Å². The molecule has 2 N–H and O–H groups in total. The Bertz CT molecular complexity index is 265. The summed E-state index contributed by atoms with van der Waals surface area (Å²) in [5.41, 5.74) is 0.296. The van der Waals surface area contributed by atoms with Crippen LogP contribution in [0.1, 0.15) is 66.7 Å². The first-order chi connectivity index (χ1) is 8.23. The summed E-state index contributed by atoms with van der Waals surface area (Å²) in [5.74, 6) is 6.47. The Morgan fingerprint density at radius 3 is 2.11 bits per heavy atom. The highest BCUT2D eigenvalue weighted by molar-refractivity contribution is 5.04. The van der Waals surface area contributed by atoms with E-state index in [9.17, 15) is 5.11 Å². The molecule has 0 saturated heterocycles. The molecule has 0 aromatic rings. The van der Waals surface area contributed by atoms with Gasteiger partial charge in [0.05, 0.1) is 6.10 Å². The van der Waals surface area contributed by atoms with Gasteiger partial charge in [0, 0.05) is 6.42 Å². The van der Waals surface area contributed by atoms with E-state index in [0.29, 0.717) is 11.3 Å². The second kappa shape index (κ2) is 8.56. The van der Waals surface area contributed by atoms with E-state index < -0.39 is 6.10 Å². The van der Waals surface area contributed by atoms with Crippen molar-refractivity contribution in [2.75, 3.05) is 0 Å². The molecule has 0 bridgehead atoms. The van der Waals surface area contributed by atoms with Gasteiger partial charge in [0.2, 0.25) is 0 Å². The summed E-state index contributed by atoms with van der Waals surface area (Å²) >= 11 is 0. The van der Waals surface area contributed by atoms with Crippen LogP contribution in [0.4, 0.5) is 0 Å². The average Bonchev–Trinajstić information content (AvgIpc) is 2.23. The number of rotatable bonds is 6. The highest BCUT2D eigenvalue weighted by Crippen LogP contribution is 2.29. The summed E-state index contributed by atoms with van der Waals surface area (Å²) in [6, 6.07) is 0. The lowest BCUT2D eigenvalue weighted by molar-refractivity contribution is 0.179. The zero-order valence-electron chi connectivity index (χ0n) is 12.7. The van der Waals surface area contributed by atoms with E-state index in [1.807, 2.05) is 0 Å². The first-order valence-electron chi connectivity index (χ1n) is 7.08. The van der Waals surface area contributed by atoms with Gasteiger partial charge in [-0.25, -0.2) is 0 Å². The zero-order valence-corrected chi connectivity index (χ0v) is 12.7. The van der Waals surface area contributed by atoms with E-state index in [4.69, 9.17) is 5.11 Å². The molecule has 0 spiro atoms. The van der Waals surface area contributed by atoms with Gasteiger partial charge in [-0.2, -0.15) is 0 Å². The molecule has 0 rings (SSSR count). The topological polar surface area (TPSA) is 40.5 Å². The van der Waals surface area contributed by atoms with Crippen LogP contribution < -0.4 is 0 Å². The van der Waals surface area contributed by atoms with Crippen LogP contribution in [0, 0.1) is 23.2 Å². The first kappa shape index (κ1) is 17.5. The molecule has 0 heterocycles. The van der Waals surface area contributed by atoms with Crippen molar-refractivity contribution in [2.24, 2.45) is 11.3 Å². The highest BCUT2D eigenvalue weighted by Gasteiger charge is 2.20. The molecule has 18 heavy (non-hydrogen) atoms. The van der Waals surface area contributed by atoms with E-state index in [-0.39, 0.29) is 6.10 Å². The molecular weight excluding hydrogens is 224 g/mol. The zero-order chi connectivity index (χ0) is 14.2. The van der Waals surface area contributed by atoms with Crippen molar-refractivity contribution < 1.29 is 10.2 Å². The number of aliphatic hydroxyl groups excluding tert-OH is 2. The standard InChI is InChI=1S/C16H30O2/c1-13(16(3,4)5)11-12-15(18)10-8-6-7-9-14(2)17/h13-15,17-18H,6-7,9,11-12H2,1-5H3. The Hall–Kier alpha value is -0.520. The van der Waals surface area contributed by atoms with Gasteiger partial charge in [0.15, 0.2) is 0 Å². The first-order valence-corrected chi connectivity index (χ1v) is 7.08. The minimum Gasteiger partial charge on any atom is -0.393 e. The quantitative estimate of drug-likeness (QED) is 0.563. The lowest BCUT2D eigenvalue weighted by atomic mass is 9.79. The maximum absolute atomic E-state index is 9.75. The summed E-state index contributed by atoms with van der Waals surface area (Å²) in [4.78, 5) is 0. The molecule has 2 nitrogen and oxygen atoms in total. The molecule has 0 aliphatic heterocycles. The van der Waals surface area contributed by atoms with Gasteiger partial charge >= 0.3 is 0 Å². The molecule has 0 aliphatic carbocycles. The van der Waals surface area contributed by atoms with E-state index >= 15 is 0 Å². The van der Waals surface area contributed by atoms with Crippen molar-refractivity contribution in [3.63, 3.8) is 0 Å². The Kier molecular flexibility index (Phi) is 8.31. The fourth-order valence-corrected chi connectivity index (χ4v) is 1.59. The van der Waals surface area contributed by atoms with Crippen LogP contribution in [0.15, 0.2) is 0 Å². The largest absolute Gasteiger partial charge is 0.393 e. The van der Waals surface area contributed by atoms with Gasteiger partial charge in [-0.05, 0) is 43.9 Å². The van der Waals surface area contributed by atoms with Gasteiger partial charge in [-0.15, -0.1) is 5.92 Å². The maximum Gasteiger partial charge on any atom is 0.114 e. The van der Waals surface area contributed by atoms with Crippen molar-refractivity contribution in [3.05, 3.63) is 0 Å². The Morgan fingerprint density at radius 1 is 1.00 bits per heavy atom. The lowest BCUT2D eigenvalue weighted by Crippen LogP contribution is -2.19. The molecule has 3 atom stereocenters. The van der Waals surface area contributed by atoms with Crippen molar-refractivity contribution >= 4 is 0 Å².